The number of nitrogens with one attached hydrogen (secondary N) is 2. The van der Waals surface area contributed by atoms with Gasteiger partial charge in [0.25, 0.3) is 0 Å². The Labute approximate surface area is 164 Å². The van der Waals surface area contributed by atoms with Gasteiger partial charge in [0.2, 0.25) is 0 Å². The Morgan fingerprint density at radius 1 is 1.12 bits per heavy atom. The molecule has 0 aliphatic heterocycles. The highest BCUT2D eigenvalue weighted by Crippen LogP contribution is 2.05. The minimum Gasteiger partial charge on any atom is -0.356 e. The summed E-state index contributed by atoms with van der Waals surface area (Å²) in [5.74, 6) is 0.518. The molecule has 0 fully saturated rings. The first kappa shape index (κ1) is 20.6. The third-order valence-corrected chi connectivity index (χ3v) is 3.54. The van der Waals surface area contributed by atoms with Crippen LogP contribution >= 0.6 is 35.6 Å². The Hall–Kier alpha value is -1.41. The van der Waals surface area contributed by atoms with Crippen LogP contribution in [0.3, 0.4) is 0 Å². The van der Waals surface area contributed by atoms with Gasteiger partial charge >= 0.3 is 0 Å². The Morgan fingerprint density at radius 3 is 2.42 bits per heavy atom. The lowest BCUT2D eigenvalue weighted by Crippen LogP contribution is -2.39. The smallest absolute Gasteiger partial charge is 0.190 e. The Balaban J connectivity index is 0.00000288. The lowest BCUT2D eigenvalue weighted by molar-refractivity contribution is 0.625. The number of guanidine groups is 1. The molecule has 2 N–H and O–H groups in total. The Bertz CT molecular complexity index is 649. The van der Waals surface area contributed by atoms with Gasteiger partial charge in [-0.3, -0.25) is 4.99 Å². The van der Waals surface area contributed by atoms with E-state index >= 15 is 0 Å². The number of hydrogen-bond acceptors (Lipinski definition) is 2. The van der Waals surface area contributed by atoms with Crippen molar-refractivity contribution in [3.05, 3.63) is 64.7 Å². The van der Waals surface area contributed by atoms with E-state index in [4.69, 9.17) is 11.6 Å². The topological polar surface area (TPSA) is 49.3 Å². The van der Waals surface area contributed by atoms with Crippen molar-refractivity contribution in [2.24, 2.45) is 4.99 Å². The van der Waals surface area contributed by atoms with Crippen molar-refractivity contribution in [3.63, 3.8) is 0 Å². The average Bonchev–Trinajstić information content (AvgIpc) is 2.55. The van der Waals surface area contributed by atoms with E-state index in [9.17, 15) is 4.39 Å². The Kier molecular flexibility index (Phi) is 9.63. The maximum absolute atomic E-state index is 13.1. The van der Waals surface area contributed by atoms with Gasteiger partial charge in [0, 0.05) is 26.3 Å². The first-order valence-corrected chi connectivity index (χ1v) is 7.84. The quantitative estimate of drug-likeness (QED) is 0.299. The zero-order valence-electron chi connectivity index (χ0n) is 13.4. The van der Waals surface area contributed by atoms with Crippen molar-refractivity contribution in [1.82, 2.24) is 15.6 Å². The van der Waals surface area contributed by atoms with Crippen molar-refractivity contribution < 1.29 is 4.39 Å². The van der Waals surface area contributed by atoms with Crippen LogP contribution in [0.5, 0.6) is 0 Å². The SMILES string of the molecule is CN=C(NCCc1ccc(Cl)nc1)NCCc1cccc(F)c1.I. The molecule has 0 aliphatic rings. The first-order valence-electron chi connectivity index (χ1n) is 7.47. The van der Waals surface area contributed by atoms with Gasteiger partial charge in [-0.25, -0.2) is 9.37 Å². The second kappa shape index (κ2) is 11.2. The molecular formula is C17H21ClFIN4. The summed E-state index contributed by atoms with van der Waals surface area (Å²) in [5.41, 5.74) is 2.07. The second-order valence-electron chi connectivity index (χ2n) is 5.04. The largest absolute Gasteiger partial charge is 0.356 e. The standard InChI is InChI=1S/C17H20ClFN4.HI/c1-20-17(21-9-7-13-3-2-4-15(19)11-13)22-10-8-14-5-6-16(18)23-12-14;/h2-6,11-12H,7-10H2,1H3,(H2,20,21,22);1H. The molecule has 0 saturated heterocycles. The molecular weight excluding hydrogens is 442 g/mol. The van der Waals surface area contributed by atoms with E-state index in [0.29, 0.717) is 11.7 Å². The summed E-state index contributed by atoms with van der Waals surface area (Å²) in [6, 6.07) is 10.4. The molecule has 2 rings (SSSR count). The summed E-state index contributed by atoms with van der Waals surface area (Å²) in [4.78, 5) is 8.21. The molecule has 0 spiro atoms. The van der Waals surface area contributed by atoms with E-state index in [1.54, 1.807) is 31.4 Å². The van der Waals surface area contributed by atoms with Gasteiger partial charge in [-0.1, -0.05) is 29.8 Å². The third kappa shape index (κ3) is 7.44. The monoisotopic (exact) mass is 462 g/mol. The molecule has 1 aromatic carbocycles. The number of aliphatic imine (C=N–C) groups is 1. The maximum atomic E-state index is 13.1. The van der Waals surface area contributed by atoms with Gasteiger partial charge in [0.05, 0.1) is 0 Å². The van der Waals surface area contributed by atoms with Gasteiger partial charge in [0.15, 0.2) is 5.96 Å². The number of pyridine rings is 1. The summed E-state index contributed by atoms with van der Waals surface area (Å²) in [6.07, 6.45) is 3.33. The normalized spacial score (nSPS) is 10.9. The Morgan fingerprint density at radius 2 is 1.83 bits per heavy atom. The van der Waals surface area contributed by atoms with Crippen molar-refractivity contribution in [2.45, 2.75) is 12.8 Å². The number of rotatable bonds is 6. The van der Waals surface area contributed by atoms with Crippen LogP contribution in [0.1, 0.15) is 11.1 Å². The van der Waals surface area contributed by atoms with Gasteiger partial charge < -0.3 is 10.6 Å². The molecule has 0 bridgehead atoms. The lowest BCUT2D eigenvalue weighted by atomic mass is 10.1. The van der Waals surface area contributed by atoms with E-state index in [1.807, 2.05) is 12.1 Å². The van der Waals surface area contributed by atoms with Gasteiger partial charge in [-0.15, -0.1) is 24.0 Å². The number of hydrogen-bond donors (Lipinski definition) is 2. The van der Waals surface area contributed by atoms with Crippen molar-refractivity contribution in [3.8, 4) is 0 Å². The highest BCUT2D eigenvalue weighted by Gasteiger charge is 2.00. The van der Waals surface area contributed by atoms with E-state index in [2.05, 4.69) is 20.6 Å². The highest BCUT2D eigenvalue weighted by atomic mass is 127. The number of aromatic nitrogens is 1. The zero-order valence-corrected chi connectivity index (χ0v) is 16.5. The average molecular weight is 463 g/mol. The molecule has 7 heteroatoms. The molecule has 130 valence electrons. The fourth-order valence-corrected chi connectivity index (χ4v) is 2.23. The van der Waals surface area contributed by atoms with Gasteiger partial charge in [0.1, 0.15) is 11.0 Å². The summed E-state index contributed by atoms with van der Waals surface area (Å²) in [5, 5.41) is 6.94. The summed E-state index contributed by atoms with van der Waals surface area (Å²) < 4.78 is 13.1. The highest BCUT2D eigenvalue weighted by molar-refractivity contribution is 14.0. The van der Waals surface area contributed by atoms with Crippen LogP contribution in [0.4, 0.5) is 4.39 Å². The van der Waals surface area contributed by atoms with Crippen LogP contribution in [0.25, 0.3) is 0 Å². The van der Waals surface area contributed by atoms with Crippen LogP contribution in [-0.4, -0.2) is 31.1 Å². The van der Waals surface area contributed by atoms with E-state index in [-0.39, 0.29) is 29.8 Å². The summed E-state index contributed by atoms with van der Waals surface area (Å²) in [7, 11) is 1.72. The van der Waals surface area contributed by atoms with Crippen LogP contribution in [0.2, 0.25) is 5.15 Å². The molecule has 1 heterocycles. The molecule has 0 unspecified atom stereocenters. The van der Waals surface area contributed by atoms with Gasteiger partial charge in [-0.05, 0) is 42.2 Å². The van der Waals surface area contributed by atoms with Gasteiger partial charge in [-0.2, -0.15) is 0 Å². The molecule has 4 nitrogen and oxygen atoms in total. The fourth-order valence-electron chi connectivity index (χ4n) is 2.12. The van der Waals surface area contributed by atoms with E-state index in [1.165, 1.54) is 6.07 Å². The maximum Gasteiger partial charge on any atom is 0.190 e. The summed E-state index contributed by atoms with van der Waals surface area (Å²) >= 11 is 5.76. The fraction of sp³-hybridized carbons (Fsp3) is 0.294. The lowest BCUT2D eigenvalue weighted by Gasteiger charge is -2.12. The van der Waals surface area contributed by atoms with E-state index in [0.717, 1.165) is 36.5 Å². The van der Waals surface area contributed by atoms with Crippen LogP contribution in [0, 0.1) is 5.82 Å². The first-order chi connectivity index (χ1) is 11.2. The molecule has 24 heavy (non-hydrogen) atoms. The number of halogens is 3. The predicted octanol–water partition coefficient (Wildman–Crippen LogP) is 3.44. The van der Waals surface area contributed by atoms with Crippen molar-refractivity contribution >= 4 is 41.5 Å². The van der Waals surface area contributed by atoms with Crippen LogP contribution in [0.15, 0.2) is 47.6 Å². The van der Waals surface area contributed by atoms with Crippen LogP contribution in [-0.2, 0) is 12.8 Å². The predicted molar refractivity (Wildman–Crippen MR) is 108 cm³/mol. The molecule has 0 atom stereocenters. The van der Waals surface area contributed by atoms with E-state index < -0.39 is 0 Å². The minimum absolute atomic E-state index is 0. The third-order valence-electron chi connectivity index (χ3n) is 3.31. The van der Waals surface area contributed by atoms with Crippen molar-refractivity contribution in [2.75, 3.05) is 20.1 Å². The zero-order chi connectivity index (χ0) is 16.5. The summed E-state index contributed by atoms with van der Waals surface area (Å²) in [6.45, 7) is 1.43. The molecule has 0 radical (unpaired) electrons. The van der Waals surface area contributed by atoms with Crippen molar-refractivity contribution in [1.29, 1.82) is 0 Å². The number of benzene rings is 1. The second-order valence-corrected chi connectivity index (χ2v) is 5.43. The number of nitrogens with zero attached hydrogens (tertiary/aromatic N) is 2. The molecule has 0 amide bonds. The minimum atomic E-state index is -0.207. The molecule has 2 aromatic rings. The van der Waals surface area contributed by atoms with Crippen LogP contribution < -0.4 is 10.6 Å². The molecule has 0 saturated carbocycles. The molecule has 0 aliphatic carbocycles. The molecule has 1 aromatic heterocycles.